The molecule has 0 amide bonds. The van der Waals surface area contributed by atoms with Gasteiger partial charge in [0, 0.05) is 8.47 Å². The van der Waals surface area contributed by atoms with Gasteiger partial charge in [-0.2, -0.15) is 0 Å². The molecule has 0 radical (unpaired) electrons. The molecule has 2 rings (SSSR count). The quantitative estimate of drug-likeness (QED) is 0.636. The van der Waals surface area contributed by atoms with Crippen LogP contribution in [0.2, 0.25) is 0 Å². The lowest BCUT2D eigenvalue weighted by atomic mass is 10.3. The third kappa shape index (κ3) is 3.14. The second-order valence-corrected chi connectivity index (χ2v) is 4.81. The third-order valence-corrected chi connectivity index (χ3v) is 2.90. The zero-order chi connectivity index (χ0) is 10.7. The fourth-order valence-electron chi connectivity index (χ4n) is 1.15. The summed E-state index contributed by atoms with van der Waals surface area (Å²) in [5.74, 6) is 1.68. The fraction of sp³-hybridized carbons (Fsp3) is 0. The number of halogens is 1. The summed E-state index contributed by atoms with van der Waals surface area (Å²) in [4.78, 5) is 0.935. The van der Waals surface area contributed by atoms with E-state index in [1.165, 1.54) is 3.57 Å². The third-order valence-electron chi connectivity index (χ3n) is 1.89. The SMILES string of the molecule is Sc1ccc(Oc2ccc(I)cc2)cc1. The van der Waals surface area contributed by atoms with Crippen molar-refractivity contribution >= 4 is 35.2 Å². The maximum Gasteiger partial charge on any atom is 0.127 e. The van der Waals surface area contributed by atoms with Gasteiger partial charge in [0.1, 0.15) is 11.5 Å². The average molecular weight is 328 g/mol. The van der Waals surface area contributed by atoms with Crippen LogP contribution in [0.3, 0.4) is 0 Å². The Morgan fingerprint density at radius 2 is 1.27 bits per heavy atom. The van der Waals surface area contributed by atoms with Gasteiger partial charge in [0.2, 0.25) is 0 Å². The molecule has 2 aromatic carbocycles. The van der Waals surface area contributed by atoms with E-state index in [9.17, 15) is 0 Å². The highest BCUT2D eigenvalue weighted by atomic mass is 127. The van der Waals surface area contributed by atoms with Crippen LogP contribution in [0.4, 0.5) is 0 Å². The Kier molecular flexibility index (Phi) is 3.53. The van der Waals surface area contributed by atoms with Crippen LogP contribution >= 0.6 is 35.2 Å². The Bertz CT molecular complexity index is 393. The normalized spacial score (nSPS) is 10.0. The van der Waals surface area contributed by atoms with E-state index in [2.05, 4.69) is 35.2 Å². The minimum absolute atomic E-state index is 0.828. The average Bonchev–Trinajstić information content (AvgIpc) is 2.25. The van der Waals surface area contributed by atoms with Crippen molar-refractivity contribution < 1.29 is 4.74 Å². The molecule has 0 N–H and O–H groups in total. The van der Waals surface area contributed by atoms with Crippen molar-refractivity contribution in [2.24, 2.45) is 0 Å². The molecule has 0 unspecified atom stereocenters. The van der Waals surface area contributed by atoms with Crippen LogP contribution in [-0.2, 0) is 0 Å². The van der Waals surface area contributed by atoms with Crippen LogP contribution in [0.5, 0.6) is 11.5 Å². The van der Waals surface area contributed by atoms with Crippen LogP contribution in [0.25, 0.3) is 0 Å². The molecule has 0 saturated carbocycles. The largest absolute Gasteiger partial charge is 0.457 e. The Hall–Kier alpha value is -0.680. The standard InChI is InChI=1S/C12H9IOS/c13-9-1-3-10(4-2-9)14-11-5-7-12(15)8-6-11/h1-8,15H. The Balaban J connectivity index is 2.15. The summed E-state index contributed by atoms with van der Waals surface area (Å²) in [5, 5.41) is 0. The molecule has 1 nitrogen and oxygen atoms in total. The van der Waals surface area contributed by atoms with Crippen molar-refractivity contribution in [2.45, 2.75) is 4.90 Å². The van der Waals surface area contributed by atoms with E-state index in [1.807, 2.05) is 48.5 Å². The molecule has 0 saturated heterocycles. The maximum atomic E-state index is 5.65. The zero-order valence-corrected chi connectivity index (χ0v) is 10.9. The molecule has 76 valence electrons. The summed E-state index contributed by atoms with van der Waals surface area (Å²) in [6.07, 6.45) is 0. The maximum absolute atomic E-state index is 5.65. The van der Waals surface area contributed by atoms with E-state index in [4.69, 9.17) is 4.74 Å². The summed E-state index contributed by atoms with van der Waals surface area (Å²) in [7, 11) is 0. The molecule has 0 aliphatic heterocycles. The van der Waals surface area contributed by atoms with Crippen molar-refractivity contribution in [3.63, 3.8) is 0 Å². The topological polar surface area (TPSA) is 9.23 Å². The van der Waals surface area contributed by atoms with Gasteiger partial charge >= 0.3 is 0 Å². The monoisotopic (exact) mass is 328 g/mol. The lowest BCUT2D eigenvalue weighted by Crippen LogP contribution is -1.83. The Morgan fingerprint density at radius 1 is 0.800 bits per heavy atom. The summed E-state index contributed by atoms with van der Waals surface area (Å²) in [6.45, 7) is 0. The summed E-state index contributed by atoms with van der Waals surface area (Å²) in [6, 6.07) is 15.6. The summed E-state index contributed by atoms with van der Waals surface area (Å²) >= 11 is 6.48. The first-order chi connectivity index (χ1) is 7.24. The second-order valence-electron chi connectivity index (χ2n) is 3.05. The van der Waals surface area contributed by atoms with Gasteiger partial charge in [0.05, 0.1) is 0 Å². The molecule has 0 atom stereocenters. The minimum atomic E-state index is 0.828. The van der Waals surface area contributed by atoms with Crippen molar-refractivity contribution in [1.29, 1.82) is 0 Å². The van der Waals surface area contributed by atoms with Gasteiger partial charge in [-0.05, 0) is 71.1 Å². The first-order valence-electron chi connectivity index (χ1n) is 4.46. The predicted octanol–water partition coefficient (Wildman–Crippen LogP) is 4.37. The van der Waals surface area contributed by atoms with Crippen LogP contribution in [-0.4, -0.2) is 0 Å². The molecule has 0 bridgehead atoms. The highest BCUT2D eigenvalue weighted by Gasteiger charge is 1.96. The first-order valence-corrected chi connectivity index (χ1v) is 5.99. The summed E-state index contributed by atoms with van der Waals surface area (Å²) < 4.78 is 6.85. The number of thiol groups is 1. The second kappa shape index (κ2) is 4.90. The number of ether oxygens (including phenoxy) is 1. The fourth-order valence-corrected chi connectivity index (χ4v) is 1.66. The molecule has 3 heteroatoms. The van der Waals surface area contributed by atoms with Gasteiger partial charge in [-0.3, -0.25) is 0 Å². The van der Waals surface area contributed by atoms with Gasteiger partial charge < -0.3 is 4.74 Å². The van der Waals surface area contributed by atoms with Crippen molar-refractivity contribution in [1.82, 2.24) is 0 Å². The van der Waals surface area contributed by atoms with E-state index >= 15 is 0 Å². The number of benzene rings is 2. The van der Waals surface area contributed by atoms with E-state index in [0.717, 1.165) is 16.4 Å². The molecule has 0 heterocycles. The first kappa shape index (κ1) is 10.8. The summed E-state index contributed by atoms with van der Waals surface area (Å²) in [5.41, 5.74) is 0. The van der Waals surface area contributed by atoms with Crippen LogP contribution in [0, 0.1) is 3.57 Å². The number of rotatable bonds is 2. The van der Waals surface area contributed by atoms with Crippen molar-refractivity contribution in [3.8, 4) is 11.5 Å². The molecule has 2 aromatic rings. The molecule has 0 aliphatic rings. The predicted molar refractivity (Wildman–Crippen MR) is 72.9 cm³/mol. The van der Waals surface area contributed by atoms with Crippen molar-refractivity contribution in [3.05, 3.63) is 52.1 Å². The van der Waals surface area contributed by atoms with E-state index in [1.54, 1.807) is 0 Å². The van der Waals surface area contributed by atoms with Gasteiger partial charge in [-0.25, -0.2) is 0 Å². The van der Waals surface area contributed by atoms with E-state index in [0.29, 0.717) is 0 Å². The minimum Gasteiger partial charge on any atom is -0.457 e. The van der Waals surface area contributed by atoms with E-state index in [-0.39, 0.29) is 0 Å². The Labute approximate surface area is 108 Å². The molecule has 15 heavy (non-hydrogen) atoms. The van der Waals surface area contributed by atoms with Gasteiger partial charge in [-0.1, -0.05) is 0 Å². The lowest BCUT2D eigenvalue weighted by molar-refractivity contribution is 0.482. The molecule has 0 aromatic heterocycles. The van der Waals surface area contributed by atoms with E-state index < -0.39 is 0 Å². The lowest BCUT2D eigenvalue weighted by Gasteiger charge is -2.05. The highest BCUT2D eigenvalue weighted by Crippen LogP contribution is 2.22. The molecule has 0 aliphatic carbocycles. The van der Waals surface area contributed by atoms with Crippen LogP contribution < -0.4 is 4.74 Å². The molecular formula is C12H9IOS. The highest BCUT2D eigenvalue weighted by molar-refractivity contribution is 14.1. The number of hydrogen-bond acceptors (Lipinski definition) is 2. The van der Waals surface area contributed by atoms with Gasteiger partial charge in [0.15, 0.2) is 0 Å². The van der Waals surface area contributed by atoms with Crippen molar-refractivity contribution in [2.75, 3.05) is 0 Å². The smallest absolute Gasteiger partial charge is 0.127 e. The van der Waals surface area contributed by atoms with Gasteiger partial charge in [0.25, 0.3) is 0 Å². The molecule has 0 spiro atoms. The number of hydrogen-bond donors (Lipinski definition) is 1. The molecular weight excluding hydrogens is 319 g/mol. The Morgan fingerprint density at radius 3 is 1.80 bits per heavy atom. The van der Waals surface area contributed by atoms with Crippen LogP contribution in [0.15, 0.2) is 53.4 Å². The zero-order valence-electron chi connectivity index (χ0n) is 7.85. The molecule has 0 fully saturated rings. The van der Waals surface area contributed by atoms with Gasteiger partial charge in [-0.15, -0.1) is 12.6 Å². The van der Waals surface area contributed by atoms with Crippen LogP contribution in [0.1, 0.15) is 0 Å².